The van der Waals surface area contributed by atoms with Crippen molar-refractivity contribution in [2.45, 2.75) is 45.0 Å². The highest BCUT2D eigenvalue weighted by Crippen LogP contribution is 2.32. The number of hydrogen-bond donors (Lipinski definition) is 1. The van der Waals surface area contributed by atoms with Gasteiger partial charge in [-0.15, -0.1) is 11.3 Å². The Hall–Kier alpha value is -0.260. The van der Waals surface area contributed by atoms with Gasteiger partial charge < -0.3 is 10.2 Å². The average molecular weight is 285 g/mol. The fourth-order valence-electron chi connectivity index (χ4n) is 2.22. The Bertz CT molecular complexity index is 380. The molecular weight excluding hydrogens is 262 g/mol. The van der Waals surface area contributed by atoms with Crippen LogP contribution in [-0.4, -0.2) is 35.1 Å². The second kappa shape index (κ2) is 6.26. The van der Waals surface area contributed by atoms with Crippen molar-refractivity contribution in [3.63, 3.8) is 0 Å². The van der Waals surface area contributed by atoms with Crippen LogP contribution in [0.5, 0.6) is 0 Å². The molecule has 2 heterocycles. The lowest BCUT2D eigenvalue weighted by molar-refractivity contribution is 0.582. The smallest absolute Gasteiger partial charge is 0.185 e. The lowest BCUT2D eigenvalue weighted by Gasteiger charge is -2.37. The van der Waals surface area contributed by atoms with Gasteiger partial charge in [-0.3, -0.25) is 0 Å². The second-order valence-electron chi connectivity index (χ2n) is 4.84. The summed E-state index contributed by atoms with van der Waals surface area (Å²) in [6.45, 7) is 11.1. The lowest BCUT2D eigenvalue weighted by Crippen LogP contribution is -2.44. The van der Waals surface area contributed by atoms with E-state index in [1.807, 2.05) is 0 Å². The van der Waals surface area contributed by atoms with Gasteiger partial charge in [0.1, 0.15) is 0 Å². The summed E-state index contributed by atoms with van der Waals surface area (Å²) >= 11 is 3.85. The molecule has 5 heteroatoms. The van der Waals surface area contributed by atoms with E-state index in [1.54, 1.807) is 11.3 Å². The molecule has 1 fully saturated rings. The van der Waals surface area contributed by atoms with E-state index in [-0.39, 0.29) is 0 Å². The Kier molecular flexibility index (Phi) is 4.92. The molecule has 3 unspecified atom stereocenters. The van der Waals surface area contributed by atoms with Crippen LogP contribution in [0.25, 0.3) is 0 Å². The van der Waals surface area contributed by atoms with Gasteiger partial charge in [-0.05, 0) is 20.4 Å². The first-order valence-electron chi connectivity index (χ1n) is 6.70. The van der Waals surface area contributed by atoms with Crippen LogP contribution in [0.2, 0.25) is 0 Å². The molecule has 18 heavy (non-hydrogen) atoms. The van der Waals surface area contributed by atoms with E-state index in [0.717, 1.165) is 13.1 Å². The number of aromatic nitrogens is 1. The van der Waals surface area contributed by atoms with Crippen LogP contribution in [-0.2, 0) is 0 Å². The third-order valence-corrected chi connectivity index (χ3v) is 5.83. The Morgan fingerprint density at radius 2 is 2.33 bits per heavy atom. The van der Waals surface area contributed by atoms with Crippen LogP contribution in [0, 0.1) is 0 Å². The summed E-state index contributed by atoms with van der Waals surface area (Å²) < 4.78 is 0. The molecule has 0 radical (unpaired) electrons. The number of thiazole rings is 1. The van der Waals surface area contributed by atoms with Crippen molar-refractivity contribution < 1.29 is 0 Å². The Morgan fingerprint density at radius 1 is 1.56 bits per heavy atom. The molecule has 1 saturated heterocycles. The number of anilines is 1. The molecule has 1 aromatic heterocycles. The molecule has 1 aromatic rings. The minimum absolute atomic E-state index is 0.354. The highest BCUT2D eigenvalue weighted by Gasteiger charge is 2.27. The van der Waals surface area contributed by atoms with Gasteiger partial charge in [-0.2, -0.15) is 11.8 Å². The summed E-state index contributed by atoms with van der Waals surface area (Å²) in [6, 6.07) is 0.934. The van der Waals surface area contributed by atoms with Crippen LogP contribution in [0.1, 0.15) is 39.4 Å². The second-order valence-corrected chi connectivity index (χ2v) is 7.17. The number of nitrogens with one attached hydrogen (secondary N) is 1. The molecule has 3 nitrogen and oxygen atoms in total. The van der Waals surface area contributed by atoms with Crippen molar-refractivity contribution in [3.8, 4) is 0 Å². The van der Waals surface area contributed by atoms with Crippen LogP contribution < -0.4 is 10.2 Å². The lowest BCUT2D eigenvalue weighted by atomic mass is 10.2. The largest absolute Gasteiger partial charge is 0.343 e. The van der Waals surface area contributed by atoms with Gasteiger partial charge in [0.05, 0.1) is 5.69 Å². The summed E-state index contributed by atoms with van der Waals surface area (Å²) in [5.41, 5.74) is 1.18. The van der Waals surface area contributed by atoms with Crippen molar-refractivity contribution in [2.75, 3.05) is 23.7 Å². The van der Waals surface area contributed by atoms with E-state index < -0.39 is 0 Å². The van der Waals surface area contributed by atoms with E-state index in [9.17, 15) is 0 Å². The Balaban J connectivity index is 2.09. The number of nitrogens with zero attached hydrogens (tertiary/aromatic N) is 2. The minimum atomic E-state index is 0.354. The van der Waals surface area contributed by atoms with Gasteiger partial charge in [0.25, 0.3) is 0 Å². The highest BCUT2D eigenvalue weighted by molar-refractivity contribution is 8.00. The predicted molar refractivity (Wildman–Crippen MR) is 82.9 cm³/mol. The van der Waals surface area contributed by atoms with Crippen molar-refractivity contribution in [3.05, 3.63) is 11.1 Å². The SMILES string of the molecule is CCNC(C)c1csc(N2CCSC(C)C2C)n1. The highest BCUT2D eigenvalue weighted by atomic mass is 32.2. The maximum atomic E-state index is 4.81. The predicted octanol–water partition coefficient (Wildman–Crippen LogP) is 3.14. The van der Waals surface area contributed by atoms with Gasteiger partial charge in [0.15, 0.2) is 5.13 Å². The van der Waals surface area contributed by atoms with Gasteiger partial charge in [0.2, 0.25) is 0 Å². The zero-order chi connectivity index (χ0) is 13.1. The molecular formula is C13H23N3S2. The Labute approximate surface area is 118 Å². The molecule has 0 spiro atoms. The fraction of sp³-hybridized carbons (Fsp3) is 0.769. The summed E-state index contributed by atoms with van der Waals surface area (Å²) in [4.78, 5) is 7.28. The molecule has 3 atom stereocenters. The number of rotatable bonds is 4. The zero-order valence-corrected chi connectivity index (χ0v) is 13.3. The first kappa shape index (κ1) is 14.2. The molecule has 0 amide bonds. The maximum Gasteiger partial charge on any atom is 0.185 e. The van der Waals surface area contributed by atoms with Crippen LogP contribution in [0.4, 0.5) is 5.13 Å². The van der Waals surface area contributed by atoms with Crippen LogP contribution in [0.3, 0.4) is 0 Å². The zero-order valence-electron chi connectivity index (χ0n) is 11.6. The van der Waals surface area contributed by atoms with E-state index in [0.29, 0.717) is 17.3 Å². The van der Waals surface area contributed by atoms with Gasteiger partial charge in [-0.25, -0.2) is 4.98 Å². The minimum Gasteiger partial charge on any atom is -0.343 e. The number of thioether (sulfide) groups is 1. The van der Waals surface area contributed by atoms with Crippen LogP contribution in [0.15, 0.2) is 5.38 Å². The monoisotopic (exact) mass is 285 g/mol. The first-order valence-corrected chi connectivity index (χ1v) is 8.63. The summed E-state index contributed by atoms with van der Waals surface area (Å²) in [6.07, 6.45) is 0. The van der Waals surface area contributed by atoms with Crippen molar-refractivity contribution >= 4 is 28.2 Å². The molecule has 0 bridgehead atoms. The number of hydrogen-bond acceptors (Lipinski definition) is 5. The van der Waals surface area contributed by atoms with E-state index >= 15 is 0 Å². The molecule has 1 N–H and O–H groups in total. The molecule has 2 rings (SSSR count). The van der Waals surface area contributed by atoms with Crippen molar-refractivity contribution in [1.82, 2.24) is 10.3 Å². The molecule has 0 saturated carbocycles. The van der Waals surface area contributed by atoms with Gasteiger partial charge in [0, 0.05) is 35.0 Å². The van der Waals surface area contributed by atoms with Gasteiger partial charge in [-0.1, -0.05) is 13.8 Å². The third-order valence-electron chi connectivity index (χ3n) is 3.59. The molecule has 102 valence electrons. The van der Waals surface area contributed by atoms with Crippen molar-refractivity contribution in [1.29, 1.82) is 0 Å². The average Bonchev–Trinajstić information content (AvgIpc) is 2.82. The van der Waals surface area contributed by atoms with E-state index in [4.69, 9.17) is 4.98 Å². The summed E-state index contributed by atoms with van der Waals surface area (Å²) in [5, 5.41) is 7.50. The van der Waals surface area contributed by atoms with Crippen molar-refractivity contribution in [2.24, 2.45) is 0 Å². The standard InChI is InChI=1S/C13H23N3S2/c1-5-14-9(2)12-8-18-13(15-12)16-6-7-17-11(4)10(16)3/h8-11,14H,5-7H2,1-4H3. The Morgan fingerprint density at radius 3 is 3.06 bits per heavy atom. The van der Waals surface area contributed by atoms with E-state index in [1.165, 1.54) is 16.6 Å². The molecule has 0 aliphatic carbocycles. The van der Waals surface area contributed by atoms with Crippen LogP contribution >= 0.6 is 23.1 Å². The summed E-state index contributed by atoms with van der Waals surface area (Å²) in [7, 11) is 0. The molecule has 1 aliphatic rings. The normalized spacial score (nSPS) is 26.3. The third kappa shape index (κ3) is 3.00. The maximum absolute atomic E-state index is 4.81. The molecule has 0 aromatic carbocycles. The first-order chi connectivity index (χ1) is 8.63. The van der Waals surface area contributed by atoms with E-state index in [2.05, 4.69) is 55.1 Å². The van der Waals surface area contributed by atoms with Gasteiger partial charge >= 0.3 is 0 Å². The summed E-state index contributed by atoms with van der Waals surface area (Å²) in [5.74, 6) is 1.21. The molecule has 1 aliphatic heterocycles. The fourth-order valence-corrected chi connectivity index (χ4v) is 4.35. The topological polar surface area (TPSA) is 28.2 Å². The quantitative estimate of drug-likeness (QED) is 0.920.